The molecule has 1 aromatic rings. The molecule has 1 N–H and O–H groups in total. The van der Waals surface area contributed by atoms with Crippen molar-refractivity contribution in [2.75, 3.05) is 6.61 Å². The normalized spacial score (nSPS) is 16.5. The highest BCUT2D eigenvalue weighted by atomic mass is 32.2. The molecule has 0 unspecified atom stereocenters. The zero-order chi connectivity index (χ0) is 17.8. The maximum absolute atomic E-state index is 12.4. The highest BCUT2D eigenvalue weighted by molar-refractivity contribution is 7.91. The fourth-order valence-electron chi connectivity index (χ4n) is 2.33. The number of amides is 1. The summed E-state index contributed by atoms with van der Waals surface area (Å²) in [4.78, 5) is 11.7. The molecule has 2 rings (SSSR count). The molecule has 0 heterocycles. The summed E-state index contributed by atoms with van der Waals surface area (Å²) < 4.78 is 36.5. The summed E-state index contributed by atoms with van der Waals surface area (Å²) in [7, 11) is -3.77. The van der Waals surface area contributed by atoms with Gasteiger partial charge >= 0.3 is 6.09 Å². The molecule has 134 valence electrons. The van der Waals surface area contributed by atoms with Crippen molar-refractivity contribution in [3.63, 3.8) is 0 Å². The largest absolute Gasteiger partial charge is 0.443 e. The Balaban J connectivity index is 1.82. The van der Waals surface area contributed by atoms with Crippen LogP contribution in [0, 0.1) is 0 Å². The van der Waals surface area contributed by atoms with E-state index in [1.54, 1.807) is 20.8 Å². The number of benzene rings is 1. The van der Waals surface area contributed by atoms with Crippen molar-refractivity contribution in [3.05, 3.63) is 35.9 Å². The van der Waals surface area contributed by atoms with Gasteiger partial charge in [-0.05, 0) is 45.6 Å². The number of carbonyl (C=O) groups excluding carboxylic acids is 1. The quantitative estimate of drug-likeness (QED) is 0.761. The molecule has 0 bridgehead atoms. The predicted octanol–water partition coefficient (Wildman–Crippen LogP) is 2.98. The van der Waals surface area contributed by atoms with Gasteiger partial charge in [-0.25, -0.2) is 17.9 Å². The molecule has 1 aliphatic carbocycles. The van der Waals surface area contributed by atoms with Gasteiger partial charge in [0.25, 0.3) is 0 Å². The Morgan fingerprint density at radius 1 is 1.21 bits per heavy atom. The average molecular weight is 355 g/mol. The highest BCUT2D eigenvalue weighted by Gasteiger charge is 2.55. The molecule has 0 saturated heterocycles. The lowest BCUT2D eigenvalue weighted by molar-refractivity contribution is 0.0568. The third kappa shape index (κ3) is 5.21. The van der Waals surface area contributed by atoms with Gasteiger partial charge in [0.2, 0.25) is 10.0 Å². The van der Waals surface area contributed by atoms with E-state index in [1.165, 1.54) is 0 Å². The Morgan fingerprint density at radius 2 is 1.83 bits per heavy atom. The first-order valence-corrected chi connectivity index (χ1v) is 9.49. The topological polar surface area (TPSA) is 81.7 Å². The predicted molar refractivity (Wildman–Crippen MR) is 91.0 cm³/mol. The van der Waals surface area contributed by atoms with Crippen molar-refractivity contribution in [2.24, 2.45) is 0 Å². The first kappa shape index (κ1) is 18.7. The van der Waals surface area contributed by atoms with Gasteiger partial charge < -0.3 is 9.47 Å². The van der Waals surface area contributed by atoms with Gasteiger partial charge in [0.05, 0.1) is 11.4 Å². The molecule has 7 heteroatoms. The molecule has 1 saturated carbocycles. The molecular formula is C17H25NO5S. The Bertz CT molecular complexity index is 660. The molecule has 0 atom stereocenters. The Labute approximate surface area is 143 Å². The fraction of sp³-hybridized carbons (Fsp3) is 0.588. The zero-order valence-electron chi connectivity index (χ0n) is 14.4. The standard InChI is InChI=1S/C17H25NO5S/c1-16(2,3)23-15(19)18-24(20,21)17(9-10-17)11-12-22-13-14-7-5-4-6-8-14/h4-8H,9-13H2,1-3H3,(H,18,19). The van der Waals surface area contributed by atoms with Crippen LogP contribution in [0.1, 0.15) is 45.6 Å². The molecule has 0 radical (unpaired) electrons. The monoisotopic (exact) mass is 355 g/mol. The van der Waals surface area contributed by atoms with E-state index < -0.39 is 26.5 Å². The van der Waals surface area contributed by atoms with Gasteiger partial charge in [-0.1, -0.05) is 30.3 Å². The van der Waals surface area contributed by atoms with E-state index in [2.05, 4.69) is 0 Å². The second-order valence-electron chi connectivity index (χ2n) is 7.08. The molecule has 24 heavy (non-hydrogen) atoms. The second-order valence-corrected chi connectivity index (χ2v) is 9.16. The Kier molecular flexibility index (Phi) is 5.55. The number of nitrogens with one attached hydrogen (secondary N) is 1. The molecule has 1 fully saturated rings. The first-order valence-electron chi connectivity index (χ1n) is 8.01. The van der Waals surface area contributed by atoms with Gasteiger partial charge in [0, 0.05) is 6.61 Å². The molecule has 0 aliphatic heterocycles. The van der Waals surface area contributed by atoms with Gasteiger partial charge in [0.15, 0.2) is 0 Å². The molecule has 6 nitrogen and oxygen atoms in total. The van der Waals surface area contributed by atoms with E-state index in [9.17, 15) is 13.2 Å². The number of carbonyl (C=O) groups is 1. The van der Waals surface area contributed by atoms with Crippen LogP contribution in [0.25, 0.3) is 0 Å². The van der Waals surface area contributed by atoms with Crippen LogP contribution < -0.4 is 4.72 Å². The Morgan fingerprint density at radius 3 is 2.38 bits per heavy atom. The SMILES string of the molecule is CC(C)(C)OC(=O)NS(=O)(=O)C1(CCOCc2ccccc2)CC1. The van der Waals surface area contributed by atoms with Gasteiger partial charge in [-0.15, -0.1) is 0 Å². The number of hydrogen-bond acceptors (Lipinski definition) is 5. The average Bonchev–Trinajstić information content (AvgIpc) is 3.23. The summed E-state index contributed by atoms with van der Waals surface area (Å²) in [5, 5.41) is 0. The van der Waals surface area contributed by atoms with Crippen molar-refractivity contribution in [3.8, 4) is 0 Å². The van der Waals surface area contributed by atoms with E-state index in [4.69, 9.17) is 9.47 Å². The van der Waals surface area contributed by atoms with Gasteiger partial charge in [0.1, 0.15) is 5.60 Å². The van der Waals surface area contributed by atoms with Crippen LogP contribution in [0.2, 0.25) is 0 Å². The maximum atomic E-state index is 12.4. The minimum Gasteiger partial charge on any atom is -0.443 e. The van der Waals surface area contributed by atoms with Crippen molar-refractivity contribution in [1.29, 1.82) is 0 Å². The molecule has 1 amide bonds. The van der Waals surface area contributed by atoms with Crippen LogP contribution in [-0.4, -0.2) is 31.5 Å². The van der Waals surface area contributed by atoms with Gasteiger partial charge in [-0.2, -0.15) is 0 Å². The van der Waals surface area contributed by atoms with Crippen LogP contribution in [0.15, 0.2) is 30.3 Å². The first-order chi connectivity index (χ1) is 11.1. The fourth-order valence-corrected chi connectivity index (χ4v) is 3.80. The van der Waals surface area contributed by atoms with Crippen molar-refractivity contribution in [2.45, 2.75) is 57.0 Å². The summed E-state index contributed by atoms with van der Waals surface area (Å²) in [6.07, 6.45) is 0.483. The smallest absolute Gasteiger partial charge is 0.421 e. The summed E-state index contributed by atoms with van der Waals surface area (Å²) >= 11 is 0. The van der Waals surface area contributed by atoms with Crippen LogP contribution in [0.3, 0.4) is 0 Å². The minimum atomic E-state index is -3.77. The summed E-state index contributed by atoms with van der Waals surface area (Å²) in [5.74, 6) is 0. The van der Waals surface area contributed by atoms with Crippen LogP contribution in [0.4, 0.5) is 4.79 Å². The lowest BCUT2D eigenvalue weighted by Gasteiger charge is -2.22. The highest BCUT2D eigenvalue weighted by Crippen LogP contribution is 2.46. The lowest BCUT2D eigenvalue weighted by atomic mass is 10.2. The number of rotatable bonds is 7. The summed E-state index contributed by atoms with van der Waals surface area (Å²) in [5.41, 5.74) is 0.298. The van der Waals surface area contributed by atoms with Crippen molar-refractivity contribution < 1.29 is 22.7 Å². The van der Waals surface area contributed by atoms with E-state index in [0.717, 1.165) is 5.56 Å². The van der Waals surface area contributed by atoms with E-state index >= 15 is 0 Å². The van der Waals surface area contributed by atoms with Crippen LogP contribution in [0.5, 0.6) is 0 Å². The molecule has 1 aromatic carbocycles. The van der Waals surface area contributed by atoms with E-state index in [1.807, 2.05) is 35.1 Å². The second kappa shape index (κ2) is 7.11. The summed E-state index contributed by atoms with van der Waals surface area (Å²) in [6.45, 7) is 5.82. The van der Waals surface area contributed by atoms with E-state index in [0.29, 0.717) is 32.5 Å². The lowest BCUT2D eigenvalue weighted by Crippen LogP contribution is -2.42. The number of sulfonamides is 1. The van der Waals surface area contributed by atoms with E-state index in [-0.39, 0.29) is 0 Å². The number of hydrogen-bond donors (Lipinski definition) is 1. The maximum Gasteiger partial charge on any atom is 0.421 e. The number of ether oxygens (including phenoxy) is 2. The molecule has 0 spiro atoms. The zero-order valence-corrected chi connectivity index (χ0v) is 15.2. The van der Waals surface area contributed by atoms with Gasteiger partial charge in [-0.3, -0.25) is 0 Å². The Hall–Kier alpha value is -1.60. The van der Waals surface area contributed by atoms with Crippen LogP contribution >= 0.6 is 0 Å². The molecular weight excluding hydrogens is 330 g/mol. The molecule has 1 aliphatic rings. The minimum absolute atomic E-state index is 0.324. The molecule has 0 aromatic heterocycles. The van der Waals surface area contributed by atoms with Crippen molar-refractivity contribution >= 4 is 16.1 Å². The summed E-state index contributed by atoms with van der Waals surface area (Å²) in [6, 6.07) is 9.69. The van der Waals surface area contributed by atoms with Crippen molar-refractivity contribution in [1.82, 2.24) is 4.72 Å². The third-order valence-corrected chi connectivity index (χ3v) is 6.00. The third-order valence-electron chi connectivity index (χ3n) is 3.81. The van der Waals surface area contributed by atoms with Crippen LogP contribution in [-0.2, 0) is 26.1 Å².